The fourth-order valence-corrected chi connectivity index (χ4v) is 3.73. The molecular weight excluding hydrogens is 316 g/mol. The van der Waals surface area contributed by atoms with Gasteiger partial charge in [0, 0.05) is 5.92 Å². The molecule has 4 heteroatoms. The minimum absolute atomic E-state index is 0.236. The van der Waals surface area contributed by atoms with Gasteiger partial charge in [-0.3, -0.25) is 4.79 Å². The minimum Gasteiger partial charge on any atom is -0.481 e. The van der Waals surface area contributed by atoms with Crippen molar-refractivity contribution in [2.24, 2.45) is 11.8 Å². The molecule has 1 fully saturated rings. The maximum atomic E-state index is 10.8. The van der Waals surface area contributed by atoms with Crippen LogP contribution in [0.4, 0.5) is 0 Å². The smallest absolute Gasteiger partial charge is 0.306 e. The molecule has 0 aromatic carbocycles. The second-order valence-electron chi connectivity index (χ2n) is 7.75. The SMILES string of the molecule is CCCCCC(O)CC=C1CC[C@H](O)[C@@H]1CCCCCC(C)C(=O)O. The van der Waals surface area contributed by atoms with Crippen molar-refractivity contribution in [3.8, 4) is 0 Å². The number of aliphatic hydroxyl groups excluding tert-OH is 2. The predicted molar refractivity (Wildman–Crippen MR) is 101 cm³/mol. The van der Waals surface area contributed by atoms with Gasteiger partial charge in [0.25, 0.3) is 0 Å². The average Bonchev–Trinajstić information content (AvgIpc) is 2.92. The molecule has 1 aliphatic carbocycles. The lowest BCUT2D eigenvalue weighted by Crippen LogP contribution is -2.15. The standard InChI is InChI=1S/C21H38O4/c1-3-4-6-10-18(22)14-12-17-13-15-20(23)19(17)11-8-5-7-9-16(2)21(24)25/h12,16,18-20,22-23H,3-11,13-15H2,1-2H3,(H,24,25)/t16?,18?,19-,20+/m1/s1. The van der Waals surface area contributed by atoms with Gasteiger partial charge in [0.15, 0.2) is 0 Å². The van der Waals surface area contributed by atoms with Crippen LogP contribution < -0.4 is 0 Å². The van der Waals surface area contributed by atoms with Crippen molar-refractivity contribution in [1.29, 1.82) is 0 Å². The van der Waals surface area contributed by atoms with Gasteiger partial charge in [-0.25, -0.2) is 0 Å². The number of carboxylic acids is 1. The van der Waals surface area contributed by atoms with Gasteiger partial charge in [0.05, 0.1) is 18.1 Å². The van der Waals surface area contributed by atoms with Crippen molar-refractivity contribution in [1.82, 2.24) is 0 Å². The molecule has 0 aromatic heterocycles. The van der Waals surface area contributed by atoms with E-state index in [0.717, 1.165) is 57.8 Å². The van der Waals surface area contributed by atoms with Crippen LogP contribution in [0.1, 0.15) is 90.9 Å². The number of hydrogen-bond acceptors (Lipinski definition) is 3. The number of rotatable bonds is 13. The Morgan fingerprint density at radius 1 is 1.20 bits per heavy atom. The quantitative estimate of drug-likeness (QED) is 0.331. The van der Waals surface area contributed by atoms with Crippen molar-refractivity contribution in [3.05, 3.63) is 11.6 Å². The summed E-state index contributed by atoms with van der Waals surface area (Å²) in [7, 11) is 0. The highest BCUT2D eigenvalue weighted by molar-refractivity contribution is 5.69. The van der Waals surface area contributed by atoms with E-state index < -0.39 is 5.97 Å². The maximum absolute atomic E-state index is 10.8. The predicted octanol–water partition coefficient (Wildman–Crippen LogP) is 4.69. The molecule has 0 aromatic rings. The molecule has 25 heavy (non-hydrogen) atoms. The van der Waals surface area contributed by atoms with Crippen molar-refractivity contribution in [2.45, 2.75) is 103 Å². The number of carbonyl (C=O) groups is 1. The summed E-state index contributed by atoms with van der Waals surface area (Å²) in [6.07, 6.45) is 13.2. The third-order valence-corrected chi connectivity index (χ3v) is 5.54. The number of unbranched alkanes of at least 4 members (excludes halogenated alkanes) is 4. The van der Waals surface area contributed by atoms with Gasteiger partial charge in [-0.1, -0.05) is 64.0 Å². The molecular formula is C21H38O4. The van der Waals surface area contributed by atoms with Crippen LogP contribution in [0, 0.1) is 11.8 Å². The Labute approximate surface area is 153 Å². The van der Waals surface area contributed by atoms with Gasteiger partial charge in [-0.15, -0.1) is 0 Å². The second-order valence-corrected chi connectivity index (χ2v) is 7.75. The van der Waals surface area contributed by atoms with Gasteiger partial charge in [0.2, 0.25) is 0 Å². The summed E-state index contributed by atoms with van der Waals surface area (Å²) in [5, 5.41) is 29.2. The van der Waals surface area contributed by atoms with Crippen molar-refractivity contribution in [2.75, 3.05) is 0 Å². The summed E-state index contributed by atoms with van der Waals surface area (Å²) >= 11 is 0. The minimum atomic E-state index is -0.714. The number of carboxylic acid groups (broad SMARTS) is 1. The zero-order valence-electron chi connectivity index (χ0n) is 16.1. The number of aliphatic carboxylic acids is 1. The maximum Gasteiger partial charge on any atom is 0.306 e. The molecule has 1 aliphatic rings. The van der Waals surface area contributed by atoms with E-state index in [1.54, 1.807) is 6.92 Å². The monoisotopic (exact) mass is 354 g/mol. The normalized spacial score (nSPS) is 24.6. The van der Waals surface area contributed by atoms with E-state index in [1.165, 1.54) is 18.4 Å². The Morgan fingerprint density at radius 2 is 1.92 bits per heavy atom. The second kappa shape index (κ2) is 12.5. The molecule has 0 aliphatic heterocycles. The highest BCUT2D eigenvalue weighted by Gasteiger charge is 2.29. The van der Waals surface area contributed by atoms with Crippen LogP contribution in [0.2, 0.25) is 0 Å². The van der Waals surface area contributed by atoms with Crippen molar-refractivity contribution < 1.29 is 20.1 Å². The fraction of sp³-hybridized carbons (Fsp3) is 0.857. The lowest BCUT2D eigenvalue weighted by molar-refractivity contribution is -0.141. The molecule has 4 atom stereocenters. The molecule has 3 N–H and O–H groups in total. The number of hydrogen-bond donors (Lipinski definition) is 3. The van der Waals surface area contributed by atoms with Gasteiger partial charge in [-0.2, -0.15) is 0 Å². The summed E-state index contributed by atoms with van der Waals surface area (Å²) in [6.45, 7) is 3.93. The van der Waals surface area contributed by atoms with Gasteiger partial charge >= 0.3 is 5.97 Å². The average molecular weight is 355 g/mol. The van der Waals surface area contributed by atoms with Crippen LogP contribution >= 0.6 is 0 Å². The first-order valence-electron chi connectivity index (χ1n) is 10.2. The van der Waals surface area contributed by atoms with E-state index >= 15 is 0 Å². The first-order chi connectivity index (χ1) is 12.0. The van der Waals surface area contributed by atoms with E-state index in [4.69, 9.17) is 5.11 Å². The van der Waals surface area contributed by atoms with Crippen LogP contribution in [0.5, 0.6) is 0 Å². The van der Waals surface area contributed by atoms with E-state index in [9.17, 15) is 15.0 Å². The zero-order chi connectivity index (χ0) is 18.7. The summed E-state index contributed by atoms with van der Waals surface area (Å²) in [6, 6.07) is 0. The first-order valence-corrected chi connectivity index (χ1v) is 10.2. The molecule has 0 radical (unpaired) electrons. The fourth-order valence-electron chi connectivity index (χ4n) is 3.73. The Morgan fingerprint density at radius 3 is 2.60 bits per heavy atom. The van der Waals surface area contributed by atoms with Gasteiger partial charge in [0.1, 0.15) is 0 Å². The van der Waals surface area contributed by atoms with Crippen molar-refractivity contribution >= 4 is 5.97 Å². The lowest BCUT2D eigenvalue weighted by atomic mass is 9.92. The van der Waals surface area contributed by atoms with E-state index in [-0.39, 0.29) is 24.0 Å². The molecule has 0 heterocycles. The Balaban J connectivity index is 2.30. The summed E-state index contributed by atoms with van der Waals surface area (Å²) in [5.41, 5.74) is 1.32. The van der Waals surface area contributed by atoms with E-state index in [2.05, 4.69) is 13.0 Å². The third-order valence-electron chi connectivity index (χ3n) is 5.54. The first kappa shape index (κ1) is 22.2. The molecule has 0 amide bonds. The van der Waals surface area contributed by atoms with Gasteiger partial charge in [-0.05, 0) is 38.5 Å². The summed E-state index contributed by atoms with van der Waals surface area (Å²) in [5.74, 6) is -0.740. The zero-order valence-corrected chi connectivity index (χ0v) is 16.1. The van der Waals surface area contributed by atoms with Crippen LogP contribution in [-0.4, -0.2) is 33.5 Å². The molecule has 1 saturated carbocycles. The van der Waals surface area contributed by atoms with Crippen molar-refractivity contribution in [3.63, 3.8) is 0 Å². The highest BCUT2D eigenvalue weighted by atomic mass is 16.4. The van der Waals surface area contributed by atoms with Crippen LogP contribution in [0.3, 0.4) is 0 Å². The Bertz CT molecular complexity index is 405. The summed E-state index contributed by atoms with van der Waals surface area (Å²) < 4.78 is 0. The Hall–Kier alpha value is -0.870. The van der Waals surface area contributed by atoms with E-state index in [1.807, 2.05) is 0 Å². The topological polar surface area (TPSA) is 77.8 Å². The molecule has 4 nitrogen and oxygen atoms in total. The van der Waals surface area contributed by atoms with Crippen LogP contribution in [-0.2, 0) is 4.79 Å². The molecule has 0 bridgehead atoms. The van der Waals surface area contributed by atoms with Crippen LogP contribution in [0.15, 0.2) is 11.6 Å². The molecule has 2 unspecified atom stereocenters. The largest absolute Gasteiger partial charge is 0.481 e. The molecule has 1 rings (SSSR count). The third kappa shape index (κ3) is 8.87. The lowest BCUT2D eigenvalue weighted by Gasteiger charge is -2.17. The molecule has 146 valence electrons. The van der Waals surface area contributed by atoms with E-state index in [0.29, 0.717) is 6.42 Å². The molecule has 0 spiro atoms. The van der Waals surface area contributed by atoms with Gasteiger partial charge < -0.3 is 15.3 Å². The Kier molecular flexibility index (Phi) is 11.1. The molecule has 0 saturated heterocycles. The van der Waals surface area contributed by atoms with Crippen LogP contribution in [0.25, 0.3) is 0 Å². The number of aliphatic hydroxyl groups is 2. The highest BCUT2D eigenvalue weighted by Crippen LogP contribution is 2.35. The summed E-state index contributed by atoms with van der Waals surface area (Å²) in [4.78, 5) is 10.8.